The molecule has 1 aliphatic rings. The molecule has 10 heteroatoms. The molecule has 3 N–H and O–H groups in total. The van der Waals surface area contributed by atoms with Crippen molar-refractivity contribution in [2.45, 2.75) is 38.1 Å². The molecule has 1 aliphatic carbocycles. The molecule has 0 spiro atoms. The van der Waals surface area contributed by atoms with Crippen LogP contribution in [0.5, 0.6) is 11.5 Å². The maximum atomic E-state index is 13.2. The predicted octanol–water partition coefficient (Wildman–Crippen LogP) is 5.29. The highest BCUT2D eigenvalue weighted by atomic mass is 16.5. The first kappa shape index (κ1) is 30.6. The van der Waals surface area contributed by atoms with Gasteiger partial charge in [0.15, 0.2) is 0 Å². The Kier molecular flexibility index (Phi) is 9.79. The van der Waals surface area contributed by atoms with Crippen LogP contribution in [-0.4, -0.2) is 62.7 Å². The monoisotopic (exact) mass is 596 g/mol. The van der Waals surface area contributed by atoms with Gasteiger partial charge in [0.1, 0.15) is 17.3 Å². The van der Waals surface area contributed by atoms with E-state index in [1.165, 1.54) is 0 Å². The van der Waals surface area contributed by atoms with Gasteiger partial charge in [-0.3, -0.25) is 9.59 Å². The summed E-state index contributed by atoms with van der Waals surface area (Å²) in [5, 5.41) is 10.6. The topological polar surface area (TPSA) is 118 Å². The van der Waals surface area contributed by atoms with Crippen LogP contribution >= 0.6 is 0 Å². The van der Waals surface area contributed by atoms with E-state index in [1.807, 2.05) is 61.5 Å². The van der Waals surface area contributed by atoms with Crippen LogP contribution in [0.3, 0.4) is 0 Å². The van der Waals surface area contributed by atoms with Crippen molar-refractivity contribution >= 4 is 40.2 Å². The fraction of sp³-hybridized carbons (Fsp3) is 0.353. The van der Waals surface area contributed by atoms with Gasteiger partial charge in [0.25, 0.3) is 5.91 Å². The molecule has 0 aliphatic heterocycles. The number of ether oxygens (including phenoxy) is 2. The number of nitrogens with zero attached hydrogens (tertiary/aromatic N) is 3. The number of rotatable bonds is 11. The number of hydrogen-bond donors (Lipinski definition) is 3. The van der Waals surface area contributed by atoms with Crippen LogP contribution in [0, 0.1) is 5.92 Å². The molecule has 10 nitrogen and oxygen atoms in total. The zero-order chi connectivity index (χ0) is 31.1. The summed E-state index contributed by atoms with van der Waals surface area (Å²) in [5.74, 6) is 2.62. The summed E-state index contributed by atoms with van der Waals surface area (Å²) >= 11 is 0. The number of methoxy groups -OCH3 is 2. The van der Waals surface area contributed by atoms with E-state index >= 15 is 0 Å². The van der Waals surface area contributed by atoms with Crippen LogP contribution in [0.4, 0.5) is 17.5 Å². The number of aromatic nitrogens is 2. The molecule has 2 amide bonds. The molecule has 0 atom stereocenters. The molecule has 4 aromatic rings. The van der Waals surface area contributed by atoms with E-state index in [-0.39, 0.29) is 24.3 Å². The zero-order valence-electron chi connectivity index (χ0n) is 25.7. The lowest BCUT2D eigenvalue weighted by molar-refractivity contribution is -0.115. The summed E-state index contributed by atoms with van der Waals surface area (Å²) in [6.45, 7) is 0.588. The summed E-state index contributed by atoms with van der Waals surface area (Å²) in [7, 11) is 7.09. The first-order valence-corrected chi connectivity index (χ1v) is 14.9. The minimum absolute atomic E-state index is 0.0487. The molecule has 0 unspecified atom stereocenters. The molecule has 0 radical (unpaired) electrons. The van der Waals surface area contributed by atoms with Crippen molar-refractivity contribution in [2.75, 3.05) is 50.4 Å². The number of benzene rings is 3. The predicted molar refractivity (Wildman–Crippen MR) is 174 cm³/mol. The Morgan fingerprint density at radius 1 is 0.909 bits per heavy atom. The van der Waals surface area contributed by atoms with Gasteiger partial charge in [0.05, 0.1) is 31.8 Å². The van der Waals surface area contributed by atoms with Crippen molar-refractivity contribution in [3.8, 4) is 11.5 Å². The van der Waals surface area contributed by atoms with E-state index in [0.29, 0.717) is 46.7 Å². The number of para-hydroxylation sites is 1. The summed E-state index contributed by atoms with van der Waals surface area (Å²) in [6.07, 6.45) is 3.96. The molecule has 0 bridgehead atoms. The van der Waals surface area contributed by atoms with Gasteiger partial charge in [-0.1, -0.05) is 30.3 Å². The Morgan fingerprint density at radius 2 is 1.66 bits per heavy atom. The SMILES string of the molecule is COc1ccc(OC)c(NC(=O)Cc2ccccc2C(=O)NCC2CCC(Nc3nc(N(C)C)c4ccccc4n3)CC2)c1. The van der Waals surface area contributed by atoms with Gasteiger partial charge in [-0.05, 0) is 67.5 Å². The second-order valence-corrected chi connectivity index (χ2v) is 11.3. The van der Waals surface area contributed by atoms with E-state index < -0.39 is 0 Å². The third kappa shape index (κ3) is 7.37. The first-order valence-electron chi connectivity index (χ1n) is 14.9. The molecular formula is C34H40N6O4. The first-order chi connectivity index (χ1) is 21.3. The smallest absolute Gasteiger partial charge is 0.251 e. The normalized spacial score (nSPS) is 16.2. The van der Waals surface area contributed by atoms with Crippen LogP contribution in [-0.2, 0) is 11.2 Å². The quantitative estimate of drug-likeness (QED) is 0.214. The molecule has 1 aromatic heterocycles. The zero-order valence-corrected chi connectivity index (χ0v) is 25.7. The maximum absolute atomic E-state index is 13.2. The lowest BCUT2D eigenvalue weighted by atomic mass is 9.86. The van der Waals surface area contributed by atoms with Gasteiger partial charge >= 0.3 is 0 Å². The number of nitrogens with one attached hydrogen (secondary N) is 3. The second kappa shape index (κ2) is 14.1. The Labute approximate surface area is 258 Å². The molecule has 3 aromatic carbocycles. The Bertz CT molecular complexity index is 1620. The fourth-order valence-electron chi connectivity index (χ4n) is 5.67. The number of carbonyl (C=O) groups excluding carboxylic acids is 2. The van der Waals surface area contributed by atoms with E-state index in [9.17, 15) is 9.59 Å². The molecule has 230 valence electrons. The summed E-state index contributed by atoms with van der Waals surface area (Å²) < 4.78 is 10.6. The lowest BCUT2D eigenvalue weighted by Gasteiger charge is -2.29. The van der Waals surface area contributed by atoms with E-state index in [1.54, 1.807) is 38.5 Å². The van der Waals surface area contributed by atoms with Crippen molar-refractivity contribution in [3.05, 3.63) is 77.9 Å². The molecule has 1 fully saturated rings. The van der Waals surface area contributed by atoms with E-state index in [4.69, 9.17) is 19.4 Å². The van der Waals surface area contributed by atoms with Crippen LogP contribution < -0.4 is 30.3 Å². The summed E-state index contributed by atoms with van der Waals surface area (Å²) in [6, 6.07) is 20.7. The number of anilines is 3. The molecule has 5 rings (SSSR count). The Hall–Kier alpha value is -4.86. The van der Waals surface area contributed by atoms with Crippen molar-refractivity contribution in [3.63, 3.8) is 0 Å². The van der Waals surface area contributed by atoms with Crippen molar-refractivity contribution in [2.24, 2.45) is 5.92 Å². The minimum atomic E-state index is -0.254. The highest BCUT2D eigenvalue weighted by molar-refractivity contribution is 5.99. The highest BCUT2D eigenvalue weighted by Gasteiger charge is 2.23. The van der Waals surface area contributed by atoms with Crippen molar-refractivity contribution in [1.29, 1.82) is 0 Å². The third-order valence-electron chi connectivity index (χ3n) is 8.03. The van der Waals surface area contributed by atoms with Gasteiger partial charge in [0.2, 0.25) is 11.9 Å². The third-order valence-corrected chi connectivity index (χ3v) is 8.03. The van der Waals surface area contributed by atoms with Crippen LogP contribution in [0.1, 0.15) is 41.6 Å². The van der Waals surface area contributed by atoms with Crippen molar-refractivity contribution < 1.29 is 19.1 Å². The number of carbonyl (C=O) groups is 2. The van der Waals surface area contributed by atoms with Crippen LogP contribution in [0.2, 0.25) is 0 Å². The van der Waals surface area contributed by atoms with Gasteiger partial charge in [-0.25, -0.2) is 4.98 Å². The van der Waals surface area contributed by atoms with Crippen LogP contribution in [0.15, 0.2) is 66.7 Å². The van der Waals surface area contributed by atoms with Gasteiger partial charge < -0.3 is 30.3 Å². The lowest BCUT2D eigenvalue weighted by Crippen LogP contribution is -2.34. The standard InChI is InChI=1S/C34H40N6O4/c1-40(2)32-27-11-7-8-12-28(27)38-34(39-32)36-24-15-13-22(14-16-24)21-35-33(42)26-10-6-5-9-23(26)19-31(41)37-29-20-25(43-3)17-18-30(29)44-4/h5-12,17-18,20,22,24H,13-16,19,21H2,1-4H3,(H,35,42)(H,37,41)(H,36,38,39). The second-order valence-electron chi connectivity index (χ2n) is 11.3. The highest BCUT2D eigenvalue weighted by Crippen LogP contribution is 2.30. The molecule has 1 saturated carbocycles. The Balaban J connectivity index is 1.14. The van der Waals surface area contributed by atoms with E-state index in [0.717, 1.165) is 42.4 Å². The molecular weight excluding hydrogens is 556 g/mol. The van der Waals surface area contributed by atoms with Gasteiger partial charge in [-0.15, -0.1) is 0 Å². The van der Waals surface area contributed by atoms with Crippen molar-refractivity contribution in [1.82, 2.24) is 15.3 Å². The van der Waals surface area contributed by atoms with Gasteiger partial charge in [0, 0.05) is 43.7 Å². The molecule has 1 heterocycles. The van der Waals surface area contributed by atoms with E-state index in [2.05, 4.69) is 16.0 Å². The minimum Gasteiger partial charge on any atom is -0.497 e. The molecule has 0 saturated heterocycles. The van der Waals surface area contributed by atoms with Gasteiger partial charge in [-0.2, -0.15) is 4.98 Å². The molecule has 44 heavy (non-hydrogen) atoms. The summed E-state index contributed by atoms with van der Waals surface area (Å²) in [4.78, 5) is 37.7. The number of amides is 2. The average molecular weight is 597 g/mol. The van der Waals surface area contributed by atoms with Crippen LogP contribution in [0.25, 0.3) is 10.9 Å². The number of hydrogen-bond acceptors (Lipinski definition) is 8. The largest absolute Gasteiger partial charge is 0.497 e. The summed E-state index contributed by atoms with van der Waals surface area (Å²) in [5.41, 5.74) is 2.59. The fourth-order valence-corrected chi connectivity index (χ4v) is 5.67. The number of fused-ring (bicyclic) bond motifs is 1. The average Bonchev–Trinajstić information content (AvgIpc) is 3.04. The maximum Gasteiger partial charge on any atom is 0.251 e. The Morgan fingerprint density at radius 3 is 2.41 bits per heavy atom.